The SMILES string of the molecule is CCCCCC(C)NC(=O)Nc1ccc(S(N)(=O)=O)cc1. The lowest BCUT2D eigenvalue weighted by molar-refractivity contribution is 0.248. The van der Waals surface area contributed by atoms with Gasteiger partial charge in [-0.15, -0.1) is 0 Å². The van der Waals surface area contributed by atoms with Gasteiger partial charge in [0.05, 0.1) is 4.90 Å². The van der Waals surface area contributed by atoms with Gasteiger partial charge in [0.25, 0.3) is 0 Å². The van der Waals surface area contributed by atoms with Crippen LogP contribution in [-0.2, 0) is 10.0 Å². The fourth-order valence-electron chi connectivity index (χ4n) is 1.89. The molecule has 0 bridgehead atoms. The molecule has 0 spiro atoms. The van der Waals surface area contributed by atoms with Crippen molar-refractivity contribution in [3.63, 3.8) is 0 Å². The van der Waals surface area contributed by atoms with Crippen LogP contribution >= 0.6 is 0 Å². The molecule has 0 aliphatic rings. The van der Waals surface area contributed by atoms with E-state index in [0.29, 0.717) is 5.69 Å². The summed E-state index contributed by atoms with van der Waals surface area (Å²) in [5, 5.41) is 10.5. The van der Waals surface area contributed by atoms with Crippen LogP contribution in [0.3, 0.4) is 0 Å². The van der Waals surface area contributed by atoms with Crippen molar-refractivity contribution in [1.82, 2.24) is 5.32 Å². The molecule has 2 amide bonds. The molecule has 1 rings (SSSR count). The second-order valence-corrected chi connectivity index (χ2v) is 6.63. The summed E-state index contributed by atoms with van der Waals surface area (Å²) in [6.07, 6.45) is 4.32. The Morgan fingerprint density at radius 2 is 1.86 bits per heavy atom. The molecule has 1 unspecified atom stereocenters. The second kappa shape index (κ2) is 7.99. The van der Waals surface area contributed by atoms with Crippen LogP contribution < -0.4 is 15.8 Å². The summed E-state index contributed by atoms with van der Waals surface area (Å²) in [6.45, 7) is 4.09. The van der Waals surface area contributed by atoms with Crippen LogP contribution in [0.15, 0.2) is 29.2 Å². The summed E-state index contributed by atoms with van der Waals surface area (Å²) >= 11 is 0. The Hall–Kier alpha value is -1.60. The molecule has 0 aromatic heterocycles. The maximum Gasteiger partial charge on any atom is 0.319 e. The van der Waals surface area contributed by atoms with Gasteiger partial charge in [0.1, 0.15) is 0 Å². The van der Waals surface area contributed by atoms with Crippen LogP contribution in [-0.4, -0.2) is 20.5 Å². The average Bonchev–Trinajstić information content (AvgIpc) is 2.38. The Morgan fingerprint density at radius 3 is 2.38 bits per heavy atom. The van der Waals surface area contributed by atoms with E-state index in [4.69, 9.17) is 5.14 Å². The van der Waals surface area contributed by atoms with E-state index >= 15 is 0 Å². The second-order valence-electron chi connectivity index (χ2n) is 5.06. The number of urea groups is 1. The number of hydrogen-bond donors (Lipinski definition) is 3. The summed E-state index contributed by atoms with van der Waals surface area (Å²) in [5.74, 6) is 0. The molecule has 0 saturated heterocycles. The summed E-state index contributed by atoms with van der Waals surface area (Å²) in [5.41, 5.74) is 0.514. The number of carbonyl (C=O) groups excluding carboxylic acids is 1. The van der Waals surface area contributed by atoms with Crippen molar-refractivity contribution >= 4 is 21.7 Å². The molecule has 1 aromatic rings. The molecule has 7 heteroatoms. The zero-order valence-electron chi connectivity index (χ0n) is 12.4. The van der Waals surface area contributed by atoms with E-state index in [1.54, 1.807) is 0 Å². The van der Waals surface area contributed by atoms with Gasteiger partial charge in [0, 0.05) is 11.7 Å². The van der Waals surface area contributed by atoms with Crippen molar-refractivity contribution in [3.8, 4) is 0 Å². The van der Waals surface area contributed by atoms with Crippen LogP contribution in [0.25, 0.3) is 0 Å². The minimum atomic E-state index is -3.71. The molecule has 1 aromatic carbocycles. The van der Waals surface area contributed by atoms with Crippen molar-refractivity contribution in [2.24, 2.45) is 5.14 Å². The van der Waals surface area contributed by atoms with E-state index in [2.05, 4.69) is 17.6 Å². The van der Waals surface area contributed by atoms with Crippen LogP contribution in [0.4, 0.5) is 10.5 Å². The van der Waals surface area contributed by atoms with E-state index < -0.39 is 10.0 Å². The van der Waals surface area contributed by atoms with Crippen LogP contribution in [0, 0.1) is 0 Å². The molecule has 21 heavy (non-hydrogen) atoms. The first-order chi connectivity index (χ1) is 9.82. The lowest BCUT2D eigenvalue weighted by atomic mass is 10.1. The monoisotopic (exact) mass is 313 g/mol. The molecular formula is C14H23N3O3S. The Labute approximate surface area is 126 Å². The smallest absolute Gasteiger partial charge is 0.319 e. The number of carbonyl (C=O) groups is 1. The molecule has 0 aliphatic heterocycles. The van der Waals surface area contributed by atoms with Gasteiger partial charge in [-0.3, -0.25) is 0 Å². The highest BCUT2D eigenvalue weighted by Gasteiger charge is 2.09. The fourth-order valence-corrected chi connectivity index (χ4v) is 2.41. The maximum absolute atomic E-state index is 11.8. The normalized spacial score (nSPS) is 12.7. The predicted molar refractivity (Wildman–Crippen MR) is 83.6 cm³/mol. The maximum atomic E-state index is 11.8. The molecule has 0 radical (unpaired) electrons. The first-order valence-electron chi connectivity index (χ1n) is 7.03. The van der Waals surface area contributed by atoms with Crippen LogP contribution in [0.2, 0.25) is 0 Å². The van der Waals surface area contributed by atoms with Gasteiger partial charge in [-0.2, -0.15) is 0 Å². The minimum Gasteiger partial charge on any atom is -0.335 e. The molecule has 1 atom stereocenters. The first-order valence-corrected chi connectivity index (χ1v) is 8.58. The van der Waals surface area contributed by atoms with Crippen molar-refractivity contribution in [3.05, 3.63) is 24.3 Å². The molecule has 0 saturated carbocycles. The highest BCUT2D eigenvalue weighted by Crippen LogP contribution is 2.12. The van der Waals surface area contributed by atoms with E-state index in [1.807, 2.05) is 6.92 Å². The topological polar surface area (TPSA) is 101 Å². The average molecular weight is 313 g/mol. The van der Waals surface area contributed by atoms with E-state index in [9.17, 15) is 13.2 Å². The molecule has 0 fully saturated rings. The zero-order chi connectivity index (χ0) is 15.9. The van der Waals surface area contributed by atoms with Crippen molar-refractivity contribution < 1.29 is 13.2 Å². The van der Waals surface area contributed by atoms with Gasteiger partial charge >= 0.3 is 6.03 Å². The Kier molecular flexibility index (Phi) is 6.64. The molecule has 118 valence electrons. The molecule has 4 N–H and O–H groups in total. The minimum absolute atomic E-state index is 0.0152. The van der Waals surface area contributed by atoms with Crippen molar-refractivity contribution in [1.29, 1.82) is 0 Å². The number of anilines is 1. The van der Waals surface area contributed by atoms with Gasteiger partial charge in [-0.25, -0.2) is 18.4 Å². The number of benzene rings is 1. The quantitative estimate of drug-likeness (QED) is 0.674. The summed E-state index contributed by atoms with van der Waals surface area (Å²) < 4.78 is 22.2. The van der Waals surface area contributed by atoms with E-state index in [0.717, 1.165) is 25.7 Å². The van der Waals surface area contributed by atoms with Gasteiger partial charge in [0.2, 0.25) is 10.0 Å². The summed E-state index contributed by atoms with van der Waals surface area (Å²) in [4.78, 5) is 11.8. The molecule has 0 heterocycles. The van der Waals surface area contributed by atoms with Crippen molar-refractivity contribution in [2.45, 2.75) is 50.5 Å². The number of hydrogen-bond acceptors (Lipinski definition) is 3. The third-order valence-electron chi connectivity index (χ3n) is 3.06. The summed E-state index contributed by atoms with van der Waals surface area (Å²) in [7, 11) is -3.71. The van der Waals surface area contributed by atoms with Crippen LogP contribution in [0.1, 0.15) is 39.5 Å². The highest BCUT2D eigenvalue weighted by atomic mass is 32.2. The van der Waals surface area contributed by atoms with Gasteiger partial charge in [-0.1, -0.05) is 26.2 Å². The van der Waals surface area contributed by atoms with Crippen LogP contribution in [0.5, 0.6) is 0 Å². The predicted octanol–water partition coefficient (Wildman–Crippen LogP) is 2.42. The Bertz CT molecular complexity index is 555. The number of rotatable bonds is 7. The largest absolute Gasteiger partial charge is 0.335 e. The first kappa shape index (κ1) is 17.5. The molecule has 6 nitrogen and oxygen atoms in total. The number of primary sulfonamides is 1. The third kappa shape index (κ3) is 6.59. The number of sulfonamides is 1. The van der Waals surface area contributed by atoms with E-state index in [-0.39, 0.29) is 17.0 Å². The number of nitrogens with two attached hydrogens (primary N) is 1. The molecular weight excluding hydrogens is 290 g/mol. The zero-order valence-corrected chi connectivity index (χ0v) is 13.2. The standard InChI is InChI=1S/C14H23N3O3S/c1-3-4-5-6-11(2)16-14(18)17-12-7-9-13(10-8-12)21(15,19)20/h7-11H,3-6H2,1-2H3,(H2,15,19,20)(H2,16,17,18). The fraction of sp³-hybridized carbons (Fsp3) is 0.500. The van der Waals surface area contributed by atoms with E-state index in [1.165, 1.54) is 24.3 Å². The lowest BCUT2D eigenvalue weighted by Crippen LogP contribution is -2.36. The summed E-state index contributed by atoms with van der Waals surface area (Å²) in [6, 6.07) is 5.51. The number of amides is 2. The third-order valence-corrected chi connectivity index (χ3v) is 3.99. The van der Waals surface area contributed by atoms with Crippen molar-refractivity contribution in [2.75, 3.05) is 5.32 Å². The number of unbranched alkanes of at least 4 members (excludes halogenated alkanes) is 2. The van der Waals surface area contributed by atoms with Gasteiger partial charge in [-0.05, 0) is 37.6 Å². The molecule has 0 aliphatic carbocycles. The van der Waals surface area contributed by atoms with Gasteiger partial charge < -0.3 is 10.6 Å². The van der Waals surface area contributed by atoms with Gasteiger partial charge in [0.15, 0.2) is 0 Å². The Morgan fingerprint density at radius 1 is 1.24 bits per heavy atom. The lowest BCUT2D eigenvalue weighted by Gasteiger charge is -2.14. The highest BCUT2D eigenvalue weighted by molar-refractivity contribution is 7.89. The number of nitrogens with one attached hydrogen (secondary N) is 2. The Balaban J connectivity index is 2.48.